The summed E-state index contributed by atoms with van der Waals surface area (Å²) in [6.07, 6.45) is 2.74. The van der Waals surface area contributed by atoms with E-state index in [9.17, 15) is 14.1 Å². The molecule has 2 saturated carbocycles. The summed E-state index contributed by atoms with van der Waals surface area (Å²) in [6.45, 7) is 9.24. The lowest BCUT2D eigenvalue weighted by atomic mass is 9.74. The zero-order chi connectivity index (χ0) is 23.9. The van der Waals surface area contributed by atoms with E-state index in [2.05, 4.69) is 27.7 Å². The van der Waals surface area contributed by atoms with E-state index >= 15 is 0 Å². The Labute approximate surface area is 199 Å². The maximum absolute atomic E-state index is 14.0. The van der Waals surface area contributed by atoms with E-state index in [1.807, 2.05) is 17.0 Å². The summed E-state index contributed by atoms with van der Waals surface area (Å²) in [5, 5.41) is 11.0. The van der Waals surface area contributed by atoms with E-state index < -0.39 is 27.2 Å². The van der Waals surface area contributed by atoms with Gasteiger partial charge in [-0.3, -0.25) is 9.00 Å². The average molecular weight is 476 g/mol. The van der Waals surface area contributed by atoms with Crippen molar-refractivity contribution in [1.29, 1.82) is 0 Å². The van der Waals surface area contributed by atoms with Crippen molar-refractivity contribution in [3.05, 3.63) is 23.3 Å². The first-order chi connectivity index (χ1) is 15.5. The Morgan fingerprint density at radius 3 is 2.42 bits per heavy atom. The molecule has 2 bridgehead atoms. The summed E-state index contributed by atoms with van der Waals surface area (Å²) in [7, 11) is 1.98. The number of nitrogens with zero attached hydrogens (tertiary/aromatic N) is 1. The number of methoxy groups -OCH3 is 2. The molecule has 4 aliphatic rings. The maximum atomic E-state index is 14.0. The Morgan fingerprint density at radius 2 is 1.85 bits per heavy atom. The Morgan fingerprint density at radius 1 is 1.18 bits per heavy atom. The van der Waals surface area contributed by atoms with Crippen LogP contribution in [-0.2, 0) is 27.6 Å². The molecule has 33 heavy (non-hydrogen) atoms. The van der Waals surface area contributed by atoms with Crippen molar-refractivity contribution in [2.75, 3.05) is 26.5 Å². The number of rotatable bonds is 5. The lowest BCUT2D eigenvalue weighted by Crippen LogP contribution is -2.51. The fraction of sp³-hybridized carbons (Fsp3) is 0.731. The minimum Gasteiger partial charge on any atom is -0.493 e. The minimum atomic E-state index is -1.29. The van der Waals surface area contributed by atoms with Crippen LogP contribution in [0.3, 0.4) is 0 Å². The van der Waals surface area contributed by atoms with Gasteiger partial charge >= 0.3 is 0 Å². The monoisotopic (exact) mass is 475 g/mol. The van der Waals surface area contributed by atoms with Crippen molar-refractivity contribution < 1.29 is 23.6 Å². The summed E-state index contributed by atoms with van der Waals surface area (Å²) in [4.78, 5) is 15.7. The first-order valence-corrected chi connectivity index (χ1v) is 13.5. The Bertz CT molecular complexity index is 1020. The highest BCUT2D eigenvalue weighted by Gasteiger charge is 2.68. The Hall–Kier alpha value is -1.60. The van der Waals surface area contributed by atoms with Crippen LogP contribution in [0.15, 0.2) is 12.1 Å². The van der Waals surface area contributed by atoms with Crippen molar-refractivity contribution in [2.24, 2.45) is 23.2 Å². The number of aliphatic hydroxyl groups is 1. The Balaban J connectivity index is 1.50. The molecular weight excluding hydrogens is 438 g/mol. The normalized spacial score (nSPS) is 39.4. The van der Waals surface area contributed by atoms with E-state index in [1.54, 1.807) is 14.2 Å². The summed E-state index contributed by atoms with van der Waals surface area (Å²) < 4.78 is 24.5. The second-order valence-electron chi connectivity index (χ2n) is 11.3. The summed E-state index contributed by atoms with van der Waals surface area (Å²) in [5.74, 6) is 1.85. The molecule has 0 radical (unpaired) electrons. The quantitative estimate of drug-likeness (QED) is 0.708. The number of carbonyl (C=O) groups excluding carboxylic acids is 1. The SMILES string of the molecule is COc1cc2c(cc1OC)[C@@]1(C)[C@H](C)[C@@H](CS(=O)[C@]34CC[C@H](C[C@H]3O)C4(C)C)C(=O)N1CC2. The number of carbonyl (C=O) groups is 1. The third kappa shape index (κ3) is 2.75. The van der Waals surface area contributed by atoms with Gasteiger partial charge in [-0.1, -0.05) is 20.8 Å². The Kier molecular flexibility index (Phi) is 5.23. The van der Waals surface area contributed by atoms with Crippen LogP contribution in [-0.4, -0.2) is 57.5 Å². The standard InChI is InChI=1S/C26H37NO5S/c1-15-18(14-33(30)26-9-7-17(12-22(26)28)24(26,2)3)23(29)27-10-8-16-11-20(31-5)21(32-6)13-19(16)25(15,27)4/h11,13,15,17-18,22,28H,7-10,12,14H2,1-6H3/t15-,17-,18-,22-,25-,26-,33?/m1/s1. The predicted molar refractivity (Wildman–Crippen MR) is 128 cm³/mol. The fourth-order valence-corrected chi connectivity index (χ4v) is 10.4. The van der Waals surface area contributed by atoms with Crippen LogP contribution < -0.4 is 9.47 Å². The number of amides is 1. The van der Waals surface area contributed by atoms with Crippen molar-refractivity contribution in [2.45, 2.75) is 69.8 Å². The van der Waals surface area contributed by atoms with Gasteiger partial charge in [0.1, 0.15) is 0 Å². The van der Waals surface area contributed by atoms with Crippen LogP contribution in [0.5, 0.6) is 11.5 Å². The zero-order valence-electron chi connectivity index (χ0n) is 20.6. The molecule has 1 unspecified atom stereocenters. The highest BCUT2D eigenvalue weighted by atomic mass is 32.2. The molecule has 2 aliphatic carbocycles. The number of benzene rings is 1. The molecule has 7 heteroatoms. The molecule has 1 N–H and O–H groups in total. The summed E-state index contributed by atoms with van der Waals surface area (Å²) in [5.41, 5.74) is 1.62. The third-order valence-corrected chi connectivity index (χ3v) is 12.6. The predicted octanol–water partition coefficient (Wildman–Crippen LogP) is 3.26. The molecule has 3 fully saturated rings. The van der Waals surface area contributed by atoms with Gasteiger partial charge in [-0.25, -0.2) is 0 Å². The smallest absolute Gasteiger partial charge is 0.227 e. The average Bonchev–Trinajstić information content (AvgIpc) is 3.24. The molecule has 0 spiro atoms. The lowest BCUT2D eigenvalue weighted by Gasteiger charge is -2.44. The first-order valence-electron chi connectivity index (χ1n) is 12.2. The molecule has 2 heterocycles. The molecule has 7 atom stereocenters. The van der Waals surface area contributed by atoms with Gasteiger partial charge in [0, 0.05) is 23.1 Å². The molecular formula is C26H37NO5S. The highest BCUT2D eigenvalue weighted by Crippen LogP contribution is 2.63. The van der Waals surface area contributed by atoms with Crippen molar-refractivity contribution >= 4 is 16.7 Å². The summed E-state index contributed by atoms with van der Waals surface area (Å²) >= 11 is 0. The molecule has 6 nitrogen and oxygen atoms in total. The second kappa shape index (κ2) is 7.45. The number of aliphatic hydroxyl groups excluding tert-OH is 1. The van der Waals surface area contributed by atoms with Gasteiger partial charge < -0.3 is 19.5 Å². The van der Waals surface area contributed by atoms with Crippen LogP contribution >= 0.6 is 0 Å². The van der Waals surface area contributed by atoms with E-state index in [0.29, 0.717) is 29.7 Å². The van der Waals surface area contributed by atoms with Crippen molar-refractivity contribution in [1.82, 2.24) is 4.90 Å². The maximum Gasteiger partial charge on any atom is 0.227 e. The first kappa shape index (κ1) is 23.2. The zero-order valence-corrected chi connectivity index (χ0v) is 21.5. The molecule has 1 amide bonds. The van der Waals surface area contributed by atoms with Crippen LogP contribution in [0.4, 0.5) is 0 Å². The van der Waals surface area contributed by atoms with Crippen LogP contribution in [0.2, 0.25) is 0 Å². The summed E-state index contributed by atoms with van der Waals surface area (Å²) in [6, 6.07) is 4.06. The molecule has 2 aliphatic heterocycles. The van der Waals surface area contributed by atoms with E-state index in [4.69, 9.17) is 9.47 Å². The van der Waals surface area contributed by atoms with Crippen LogP contribution in [0.25, 0.3) is 0 Å². The minimum absolute atomic E-state index is 0.0126. The molecule has 1 saturated heterocycles. The highest BCUT2D eigenvalue weighted by molar-refractivity contribution is 7.86. The van der Waals surface area contributed by atoms with Crippen molar-refractivity contribution in [3.8, 4) is 11.5 Å². The van der Waals surface area contributed by atoms with Gasteiger partial charge in [-0.2, -0.15) is 0 Å². The molecule has 182 valence electrons. The third-order valence-electron chi connectivity index (χ3n) is 10.2. The van der Waals surface area contributed by atoms with Crippen LogP contribution in [0, 0.1) is 23.2 Å². The van der Waals surface area contributed by atoms with E-state index in [-0.39, 0.29) is 23.2 Å². The van der Waals surface area contributed by atoms with Gasteiger partial charge in [0.15, 0.2) is 11.5 Å². The van der Waals surface area contributed by atoms with Gasteiger partial charge in [-0.05, 0) is 73.1 Å². The number of hydrogen-bond donors (Lipinski definition) is 1. The number of ether oxygens (including phenoxy) is 2. The van der Waals surface area contributed by atoms with Crippen LogP contribution in [0.1, 0.15) is 58.1 Å². The molecule has 1 aromatic carbocycles. The van der Waals surface area contributed by atoms with E-state index in [1.165, 1.54) is 5.56 Å². The largest absolute Gasteiger partial charge is 0.493 e. The fourth-order valence-electron chi connectivity index (χ4n) is 7.82. The molecule has 1 aromatic rings. The topological polar surface area (TPSA) is 76.1 Å². The second-order valence-corrected chi connectivity index (χ2v) is 13.0. The number of fused-ring (bicyclic) bond motifs is 5. The van der Waals surface area contributed by atoms with E-state index in [0.717, 1.165) is 31.2 Å². The molecule has 5 rings (SSSR count). The molecule has 0 aromatic heterocycles. The lowest BCUT2D eigenvalue weighted by molar-refractivity contribution is -0.133. The van der Waals surface area contributed by atoms with Gasteiger partial charge in [-0.15, -0.1) is 0 Å². The van der Waals surface area contributed by atoms with Gasteiger partial charge in [0.25, 0.3) is 0 Å². The number of hydrogen-bond acceptors (Lipinski definition) is 5. The van der Waals surface area contributed by atoms with Gasteiger partial charge in [0.05, 0.1) is 36.5 Å². The van der Waals surface area contributed by atoms with Crippen molar-refractivity contribution in [3.63, 3.8) is 0 Å². The van der Waals surface area contributed by atoms with Gasteiger partial charge in [0.2, 0.25) is 5.91 Å².